The topological polar surface area (TPSA) is 103 Å². The van der Waals surface area contributed by atoms with E-state index in [-0.39, 0.29) is 29.2 Å². The highest BCUT2D eigenvalue weighted by Gasteiger charge is 2.24. The highest BCUT2D eigenvalue weighted by atomic mass is 32.2. The van der Waals surface area contributed by atoms with Gasteiger partial charge in [-0.25, -0.2) is 4.98 Å². The fraction of sp³-hybridized carbons (Fsp3) is 0.417. The van der Waals surface area contributed by atoms with Crippen LogP contribution < -0.4 is 10.6 Å². The molecule has 5 rings (SSSR count). The van der Waals surface area contributed by atoms with E-state index in [0.717, 1.165) is 48.6 Å². The molecular weight excluding hydrogens is 452 g/mol. The summed E-state index contributed by atoms with van der Waals surface area (Å²) >= 11 is 1.81. The number of hydrogen-bond acceptors (Lipinski definition) is 6. The third kappa shape index (κ3) is 5.18. The summed E-state index contributed by atoms with van der Waals surface area (Å²) in [6.07, 6.45) is 8.52. The predicted octanol–water partition coefficient (Wildman–Crippen LogP) is 3.22. The van der Waals surface area contributed by atoms with Gasteiger partial charge in [-0.1, -0.05) is 6.07 Å². The molecule has 34 heavy (non-hydrogen) atoms. The first-order valence-corrected chi connectivity index (χ1v) is 12.8. The Morgan fingerprint density at radius 3 is 2.76 bits per heavy atom. The quantitative estimate of drug-likeness (QED) is 0.554. The summed E-state index contributed by atoms with van der Waals surface area (Å²) in [5, 5.41) is 10.4. The molecule has 2 aliphatic heterocycles. The molecule has 3 aromatic rings. The van der Waals surface area contributed by atoms with Crippen LogP contribution in [0.5, 0.6) is 0 Å². The van der Waals surface area contributed by atoms with E-state index >= 15 is 0 Å². The maximum atomic E-state index is 13.1. The number of carbonyl (C=O) groups is 2. The van der Waals surface area contributed by atoms with Gasteiger partial charge in [0.25, 0.3) is 11.8 Å². The summed E-state index contributed by atoms with van der Waals surface area (Å²) in [5.41, 5.74) is 2.60. The number of hydrogen-bond donors (Lipinski definition) is 2. The van der Waals surface area contributed by atoms with E-state index in [1.165, 1.54) is 0 Å². The normalized spacial score (nSPS) is 18.4. The summed E-state index contributed by atoms with van der Waals surface area (Å²) in [6.45, 7) is 2.76. The van der Waals surface area contributed by atoms with Crippen molar-refractivity contribution in [2.24, 2.45) is 0 Å². The first-order valence-electron chi connectivity index (χ1n) is 11.6. The Kier molecular flexibility index (Phi) is 6.96. The van der Waals surface area contributed by atoms with Gasteiger partial charge in [-0.05, 0) is 43.2 Å². The van der Waals surface area contributed by atoms with E-state index in [2.05, 4.69) is 31.5 Å². The van der Waals surface area contributed by atoms with Crippen molar-refractivity contribution in [3.05, 3.63) is 54.2 Å². The second-order valence-corrected chi connectivity index (χ2v) is 9.66. The van der Waals surface area contributed by atoms with Crippen molar-refractivity contribution in [2.75, 3.05) is 36.6 Å². The fourth-order valence-corrected chi connectivity index (χ4v) is 4.98. The summed E-state index contributed by atoms with van der Waals surface area (Å²) < 4.78 is 9.39. The molecule has 5 heterocycles. The smallest absolute Gasteiger partial charge is 0.274 e. The van der Waals surface area contributed by atoms with Crippen LogP contribution in [-0.2, 0) is 11.3 Å². The highest BCUT2D eigenvalue weighted by Crippen LogP contribution is 2.25. The molecule has 0 aromatic carbocycles. The molecule has 0 saturated carbocycles. The lowest BCUT2D eigenvalue weighted by Crippen LogP contribution is -2.28. The van der Waals surface area contributed by atoms with Gasteiger partial charge in [0.05, 0.1) is 17.4 Å². The van der Waals surface area contributed by atoms with Gasteiger partial charge in [0.2, 0.25) is 0 Å². The average Bonchev–Trinajstić information content (AvgIpc) is 3.51. The monoisotopic (exact) mass is 480 g/mol. The number of amides is 2. The maximum Gasteiger partial charge on any atom is 0.274 e. The summed E-state index contributed by atoms with van der Waals surface area (Å²) in [5.74, 6) is 1.16. The molecule has 0 aliphatic carbocycles. The molecular formula is C24H28N6O3S. The minimum absolute atomic E-state index is 0.133. The molecule has 10 heteroatoms. The molecule has 1 saturated heterocycles. The summed E-state index contributed by atoms with van der Waals surface area (Å²) in [4.78, 5) is 30.7. The predicted molar refractivity (Wildman–Crippen MR) is 131 cm³/mol. The maximum absolute atomic E-state index is 13.1. The van der Waals surface area contributed by atoms with Crippen molar-refractivity contribution in [1.82, 2.24) is 24.6 Å². The highest BCUT2D eigenvalue weighted by molar-refractivity contribution is 7.99. The number of nitrogens with one attached hydrogen (secondary N) is 2. The van der Waals surface area contributed by atoms with Gasteiger partial charge in [-0.2, -0.15) is 16.9 Å². The van der Waals surface area contributed by atoms with Crippen LogP contribution in [0.4, 0.5) is 5.69 Å². The molecule has 9 nitrogen and oxygen atoms in total. The van der Waals surface area contributed by atoms with E-state index in [1.54, 1.807) is 16.9 Å². The van der Waals surface area contributed by atoms with E-state index in [1.807, 2.05) is 36.2 Å². The number of nitrogens with zero attached hydrogens (tertiary/aromatic N) is 4. The van der Waals surface area contributed by atoms with Crippen molar-refractivity contribution < 1.29 is 14.3 Å². The average molecular weight is 481 g/mol. The van der Waals surface area contributed by atoms with Crippen LogP contribution in [0.2, 0.25) is 0 Å². The Morgan fingerprint density at radius 1 is 1.03 bits per heavy atom. The van der Waals surface area contributed by atoms with Crippen molar-refractivity contribution in [2.45, 2.75) is 31.8 Å². The van der Waals surface area contributed by atoms with Crippen LogP contribution in [0.25, 0.3) is 11.3 Å². The van der Waals surface area contributed by atoms with Crippen molar-refractivity contribution >= 4 is 29.3 Å². The number of rotatable bonds is 1. The van der Waals surface area contributed by atoms with Gasteiger partial charge >= 0.3 is 0 Å². The number of anilines is 1. The lowest BCUT2D eigenvalue weighted by molar-refractivity contribution is 0.0660. The Hall–Kier alpha value is -3.11. The van der Waals surface area contributed by atoms with Gasteiger partial charge in [-0.15, -0.1) is 0 Å². The molecule has 178 valence electrons. The molecule has 0 unspecified atom stereocenters. The standard InChI is InChI=1S/C24H28N6O3S/c31-23-20-4-1-3-19(26-20)17-5-10-29(15-17)9-2-13-34-14-8-25-24(32)22-21(27-23)16-30(28-22)18-6-11-33-12-7-18/h1,3-5,10,15-16,18H,2,6-9,11-14H2,(H,25,32)(H,27,31). The largest absolute Gasteiger partial charge is 0.381 e. The van der Waals surface area contributed by atoms with Crippen molar-refractivity contribution in [3.63, 3.8) is 0 Å². The van der Waals surface area contributed by atoms with Crippen LogP contribution in [0, 0.1) is 0 Å². The molecule has 1 fully saturated rings. The van der Waals surface area contributed by atoms with E-state index < -0.39 is 0 Å². The van der Waals surface area contributed by atoms with Crippen molar-refractivity contribution in [1.29, 1.82) is 0 Å². The zero-order chi connectivity index (χ0) is 23.3. The lowest BCUT2D eigenvalue weighted by Gasteiger charge is -2.22. The first-order chi connectivity index (χ1) is 16.7. The van der Waals surface area contributed by atoms with Gasteiger partial charge in [0, 0.05) is 56.2 Å². The van der Waals surface area contributed by atoms with E-state index in [4.69, 9.17) is 4.74 Å². The third-order valence-electron chi connectivity index (χ3n) is 6.03. The van der Waals surface area contributed by atoms with Crippen LogP contribution in [0.3, 0.4) is 0 Å². The van der Waals surface area contributed by atoms with Gasteiger partial charge < -0.3 is 19.9 Å². The first kappa shape index (κ1) is 22.7. The SMILES string of the molecule is O=C1Nc2cn(C3CCOCC3)nc2C(=O)NCCSCCCn2ccc(c2)-c2cccc1n2. The number of aryl methyl sites for hydroxylation is 1. The second-order valence-electron chi connectivity index (χ2n) is 8.44. The van der Waals surface area contributed by atoms with E-state index in [0.29, 0.717) is 25.4 Å². The summed E-state index contributed by atoms with van der Waals surface area (Å²) in [7, 11) is 0. The Morgan fingerprint density at radius 2 is 1.88 bits per heavy atom. The molecule has 4 bridgehead atoms. The van der Waals surface area contributed by atoms with Gasteiger partial charge in [-0.3, -0.25) is 14.3 Å². The third-order valence-corrected chi connectivity index (χ3v) is 7.10. The second kappa shape index (κ2) is 10.4. The number of pyridine rings is 1. The molecule has 0 spiro atoms. The number of fused-ring (bicyclic) bond motifs is 6. The minimum atomic E-state index is -0.376. The molecule has 2 N–H and O–H groups in total. The Labute approximate surface area is 202 Å². The number of aromatic nitrogens is 4. The van der Waals surface area contributed by atoms with Crippen LogP contribution in [0.1, 0.15) is 46.3 Å². The number of thioether (sulfide) groups is 1. The van der Waals surface area contributed by atoms with Crippen LogP contribution in [-0.4, -0.2) is 62.4 Å². The number of carbonyl (C=O) groups excluding carboxylic acids is 2. The van der Waals surface area contributed by atoms with Crippen LogP contribution >= 0.6 is 11.8 Å². The van der Waals surface area contributed by atoms with Gasteiger partial charge in [0.15, 0.2) is 5.69 Å². The Bertz CT molecular complexity index is 1170. The molecule has 0 atom stereocenters. The zero-order valence-corrected chi connectivity index (χ0v) is 19.7. The molecule has 2 aliphatic rings. The van der Waals surface area contributed by atoms with Gasteiger partial charge in [0.1, 0.15) is 5.69 Å². The summed E-state index contributed by atoms with van der Waals surface area (Å²) in [6, 6.07) is 7.54. The lowest BCUT2D eigenvalue weighted by atomic mass is 10.1. The minimum Gasteiger partial charge on any atom is -0.381 e. The molecule has 3 aromatic heterocycles. The molecule has 0 radical (unpaired) electrons. The fourth-order valence-electron chi connectivity index (χ4n) is 4.20. The van der Waals surface area contributed by atoms with E-state index in [9.17, 15) is 9.59 Å². The molecule has 2 amide bonds. The Balaban J connectivity index is 1.46. The van der Waals surface area contributed by atoms with Crippen LogP contribution in [0.15, 0.2) is 42.9 Å². The number of ether oxygens (including phenoxy) is 1. The van der Waals surface area contributed by atoms with Crippen molar-refractivity contribution in [3.8, 4) is 11.3 Å². The zero-order valence-electron chi connectivity index (χ0n) is 18.9.